The first-order valence-electron chi connectivity index (χ1n) is 20.9. The number of hydrogen-bond donors (Lipinski definition) is 1. The molecule has 302 valence electrons. The minimum atomic E-state index is -0.135. The third-order valence-electron chi connectivity index (χ3n) is 10.4. The van der Waals surface area contributed by atoms with Gasteiger partial charge in [-0.1, -0.05) is 143 Å². The van der Waals surface area contributed by atoms with Gasteiger partial charge in [-0.25, -0.2) is 10.0 Å². The lowest BCUT2D eigenvalue weighted by Gasteiger charge is -2.32. The lowest BCUT2D eigenvalue weighted by molar-refractivity contribution is 0.0912. The van der Waals surface area contributed by atoms with Crippen LogP contribution in [0.2, 0.25) is 0 Å². The van der Waals surface area contributed by atoms with E-state index in [1.54, 1.807) is 17.4 Å². The van der Waals surface area contributed by atoms with Gasteiger partial charge in [0.25, 0.3) is 11.8 Å². The number of fused-ring (bicyclic) bond motifs is 2. The molecule has 5 aromatic carbocycles. The standard InChI is InChI=1S/C26H33N3O.C25H23N3O/c1-3-4-5-6-7-8-14-19-28(2)29(26(30)22-15-10-9-11-16-22)24-20-23-17-12-13-18-25(23)27-21-24;1-28(16-15-19-9-3-2-4-10-19)24-14-8-6-12-22(24)25(29)27-21-17-20-11-5-7-13-23(20)26-18-21/h9-13,15-18,20-21H,3-8,14,19H2,1-2H3;2-14,17-18H,15-16H2,1H3,(H,27,29). The Morgan fingerprint density at radius 3 is 1.88 bits per heavy atom. The predicted octanol–water partition coefficient (Wildman–Crippen LogP) is 11.6. The molecule has 7 rings (SSSR count). The molecule has 0 fully saturated rings. The van der Waals surface area contributed by atoms with E-state index in [0.717, 1.165) is 59.1 Å². The maximum absolute atomic E-state index is 13.4. The summed E-state index contributed by atoms with van der Waals surface area (Å²) in [5, 5.41) is 8.83. The van der Waals surface area contributed by atoms with Crippen LogP contribution >= 0.6 is 0 Å². The maximum Gasteiger partial charge on any atom is 0.272 e. The molecule has 2 aromatic heterocycles. The largest absolute Gasteiger partial charge is 0.374 e. The molecule has 0 aliphatic rings. The number of likely N-dealkylation sites (N-methyl/N-ethyl adjacent to an activating group) is 1. The molecular weight excluding hydrogens is 729 g/mol. The van der Waals surface area contributed by atoms with Crippen molar-refractivity contribution in [2.45, 2.75) is 58.3 Å². The van der Waals surface area contributed by atoms with Crippen LogP contribution in [0.1, 0.15) is 78.1 Å². The highest BCUT2D eigenvalue weighted by molar-refractivity contribution is 6.08. The molecule has 2 heterocycles. The molecule has 0 atom stereocenters. The third kappa shape index (κ3) is 12.1. The van der Waals surface area contributed by atoms with Crippen molar-refractivity contribution in [1.29, 1.82) is 0 Å². The number of rotatable bonds is 17. The van der Waals surface area contributed by atoms with E-state index in [1.807, 2.05) is 153 Å². The Morgan fingerprint density at radius 2 is 1.17 bits per heavy atom. The van der Waals surface area contributed by atoms with Crippen LogP contribution in [0.25, 0.3) is 21.8 Å². The predicted molar refractivity (Wildman–Crippen MR) is 245 cm³/mol. The first-order valence-corrected chi connectivity index (χ1v) is 20.9. The molecule has 0 saturated carbocycles. The molecule has 0 bridgehead atoms. The number of aromatic nitrogens is 2. The summed E-state index contributed by atoms with van der Waals surface area (Å²) in [5.41, 5.74) is 6.85. The van der Waals surface area contributed by atoms with Gasteiger partial charge in [-0.2, -0.15) is 0 Å². The van der Waals surface area contributed by atoms with Crippen molar-refractivity contribution in [1.82, 2.24) is 15.0 Å². The number of para-hydroxylation sites is 3. The topological polar surface area (TPSA) is 81.7 Å². The van der Waals surface area contributed by atoms with Crippen LogP contribution in [0.4, 0.5) is 17.1 Å². The van der Waals surface area contributed by atoms with Crippen LogP contribution in [-0.2, 0) is 6.42 Å². The number of pyridine rings is 2. The van der Waals surface area contributed by atoms with Gasteiger partial charge in [-0.15, -0.1) is 0 Å². The number of hydrazine groups is 1. The summed E-state index contributed by atoms with van der Waals surface area (Å²) in [6.07, 6.45) is 13.2. The summed E-state index contributed by atoms with van der Waals surface area (Å²) < 4.78 is 0. The molecule has 1 N–H and O–H groups in total. The molecule has 0 aliphatic heterocycles. The van der Waals surface area contributed by atoms with E-state index in [2.05, 4.69) is 39.2 Å². The number of nitrogens with zero attached hydrogens (tertiary/aromatic N) is 5. The van der Waals surface area contributed by atoms with Crippen LogP contribution in [0, 0.1) is 0 Å². The molecule has 59 heavy (non-hydrogen) atoms. The van der Waals surface area contributed by atoms with Gasteiger partial charge in [0.15, 0.2) is 0 Å². The Balaban J connectivity index is 0.000000198. The second kappa shape index (κ2) is 22.0. The Kier molecular flexibility index (Phi) is 15.7. The van der Waals surface area contributed by atoms with Crippen molar-refractivity contribution < 1.29 is 9.59 Å². The van der Waals surface area contributed by atoms with E-state index in [1.165, 1.54) is 44.1 Å². The van der Waals surface area contributed by atoms with Crippen LogP contribution < -0.4 is 15.2 Å². The lowest BCUT2D eigenvalue weighted by atomic mass is 10.1. The lowest BCUT2D eigenvalue weighted by Crippen LogP contribution is -2.45. The minimum absolute atomic E-state index is 0.0295. The third-order valence-corrected chi connectivity index (χ3v) is 10.4. The summed E-state index contributed by atoms with van der Waals surface area (Å²) >= 11 is 0. The quantitative estimate of drug-likeness (QED) is 0.0731. The van der Waals surface area contributed by atoms with Gasteiger partial charge in [-0.05, 0) is 66.9 Å². The van der Waals surface area contributed by atoms with Crippen LogP contribution in [0.15, 0.2) is 158 Å². The second-order valence-electron chi connectivity index (χ2n) is 14.9. The normalized spacial score (nSPS) is 10.9. The number of hydrogen-bond acceptors (Lipinski definition) is 6. The maximum atomic E-state index is 13.4. The van der Waals surface area contributed by atoms with Crippen molar-refractivity contribution in [3.63, 3.8) is 0 Å². The van der Waals surface area contributed by atoms with E-state index in [-0.39, 0.29) is 11.8 Å². The Bertz CT molecular complexity index is 2390. The van der Waals surface area contributed by atoms with Crippen LogP contribution in [0.3, 0.4) is 0 Å². The van der Waals surface area contributed by atoms with Gasteiger partial charge in [0.2, 0.25) is 0 Å². The number of anilines is 3. The highest BCUT2D eigenvalue weighted by Crippen LogP contribution is 2.25. The summed E-state index contributed by atoms with van der Waals surface area (Å²) in [6, 6.07) is 47.4. The molecule has 0 spiro atoms. The molecule has 0 saturated heterocycles. The van der Waals surface area contributed by atoms with Gasteiger partial charge in [-0.3, -0.25) is 19.6 Å². The van der Waals surface area contributed by atoms with Crippen LogP contribution in [-0.4, -0.2) is 54.0 Å². The zero-order valence-electron chi connectivity index (χ0n) is 34.6. The van der Waals surface area contributed by atoms with E-state index in [9.17, 15) is 9.59 Å². The van der Waals surface area contributed by atoms with E-state index < -0.39 is 0 Å². The fourth-order valence-electron chi connectivity index (χ4n) is 7.14. The molecular formula is C51H56N6O2. The average molecular weight is 785 g/mol. The molecule has 7 aromatic rings. The van der Waals surface area contributed by atoms with E-state index >= 15 is 0 Å². The number of benzene rings is 5. The smallest absolute Gasteiger partial charge is 0.272 e. The Labute approximate surface area is 349 Å². The first kappa shape index (κ1) is 42.2. The highest BCUT2D eigenvalue weighted by Gasteiger charge is 2.23. The minimum Gasteiger partial charge on any atom is -0.374 e. The zero-order valence-corrected chi connectivity index (χ0v) is 34.6. The van der Waals surface area contributed by atoms with Crippen molar-refractivity contribution in [2.75, 3.05) is 42.4 Å². The summed E-state index contributed by atoms with van der Waals surface area (Å²) in [4.78, 5) is 37.5. The van der Waals surface area contributed by atoms with Crippen LogP contribution in [0.5, 0.6) is 0 Å². The Hall–Kier alpha value is -6.38. The molecule has 0 radical (unpaired) electrons. The number of unbranched alkanes of at least 4 members (excludes halogenated alkanes) is 6. The van der Waals surface area contributed by atoms with Crippen molar-refractivity contribution in [2.24, 2.45) is 0 Å². The number of amides is 2. The first-order chi connectivity index (χ1) is 28.9. The van der Waals surface area contributed by atoms with E-state index in [0.29, 0.717) is 16.8 Å². The molecule has 0 aliphatic carbocycles. The van der Waals surface area contributed by atoms with Gasteiger partial charge < -0.3 is 10.2 Å². The molecule has 8 heteroatoms. The Morgan fingerprint density at radius 1 is 0.593 bits per heavy atom. The van der Waals surface area contributed by atoms with Crippen molar-refractivity contribution in [3.05, 3.63) is 175 Å². The SMILES string of the molecule is CCCCCCCCCN(C)N(C(=O)c1ccccc1)c1cnc2ccccc2c1.CN(CCc1ccccc1)c1ccccc1C(=O)Nc1cnc2ccccc2c1. The summed E-state index contributed by atoms with van der Waals surface area (Å²) in [5.74, 6) is -0.164. The van der Waals surface area contributed by atoms with Crippen molar-refractivity contribution >= 4 is 50.7 Å². The molecule has 2 amide bonds. The fraction of sp³-hybridized carbons (Fsp3) is 0.255. The summed E-state index contributed by atoms with van der Waals surface area (Å²) in [7, 11) is 4.01. The van der Waals surface area contributed by atoms with E-state index in [4.69, 9.17) is 0 Å². The van der Waals surface area contributed by atoms with Gasteiger partial charge in [0.1, 0.15) is 0 Å². The number of carbonyl (C=O) groups excluding carboxylic acids is 2. The monoisotopic (exact) mass is 784 g/mol. The highest BCUT2D eigenvalue weighted by atomic mass is 16.2. The fourth-order valence-corrected chi connectivity index (χ4v) is 7.14. The average Bonchev–Trinajstić information content (AvgIpc) is 3.28. The molecule has 0 unspecified atom stereocenters. The number of carbonyl (C=O) groups is 2. The van der Waals surface area contributed by atoms with Gasteiger partial charge in [0.05, 0.1) is 40.4 Å². The van der Waals surface area contributed by atoms with Gasteiger partial charge >= 0.3 is 0 Å². The second-order valence-corrected chi connectivity index (χ2v) is 14.9. The zero-order chi connectivity index (χ0) is 41.2. The van der Waals surface area contributed by atoms with Crippen molar-refractivity contribution in [3.8, 4) is 0 Å². The summed E-state index contributed by atoms with van der Waals surface area (Å²) in [6.45, 7) is 3.90. The molecule has 8 nitrogen and oxygen atoms in total. The van der Waals surface area contributed by atoms with Gasteiger partial charge in [0, 0.05) is 49.2 Å². The number of nitrogens with one attached hydrogen (secondary N) is 1.